The fraction of sp³-hybridized carbons (Fsp3) is 0.636. The van der Waals surface area contributed by atoms with E-state index in [0.717, 1.165) is 32.5 Å². The number of anilines is 1. The first-order chi connectivity index (χ1) is 33.5. The number of likely N-dealkylation sites (tertiary alicyclic amines) is 1. The van der Waals surface area contributed by atoms with Crippen LogP contribution in [0.1, 0.15) is 137 Å². The zero-order valence-electron chi connectivity index (χ0n) is 44.0. The number of Topliss-reactive ketones (excluding diaryl/α,β-unsaturated/α-hetero) is 1. The van der Waals surface area contributed by atoms with E-state index in [2.05, 4.69) is 48.2 Å². The number of piperidine rings is 1. The molecule has 390 valence electrons. The maximum absolute atomic E-state index is 14.8. The van der Waals surface area contributed by atoms with Crippen LogP contribution in [0, 0.1) is 48.3 Å². The average molecular weight is 986 g/mol. The second-order valence-electron chi connectivity index (χ2n) is 21.3. The number of rotatable bonds is 11. The Morgan fingerprint density at radius 3 is 2.31 bits per heavy atom. The van der Waals surface area contributed by atoms with E-state index in [-0.39, 0.29) is 79.8 Å². The zero-order chi connectivity index (χ0) is 52.1. The van der Waals surface area contributed by atoms with Crippen molar-refractivity contribution >= 4 is 40.2 Å². The minimum Gasteiger partial charge on any atom is -0.507 e. The van der Waals surface area contributed by atoms with Gasteiger partial charge in [-0.1, -0.05) is 87.0 Å². The average Bonchev–Trinajstić information content (AvgIpc) is 3.83. The third kappa shape index (κ3) is 11.9. The van der Waals surface area contributed by atoms with Crippen molar-refractivity contribution in [2.75, 3.05) is 38.1 Å². The lowest BCUT2D eigenvalue weighted by Gasteiger charge is -2.38. The van der Waals surface area contributed by atoms with E-state index in [4.69, 9.17) is 23.9 Å². The summed E-state index contributed by atoms with van der Waals surface area (Å²) in [5, 5.41) is 42.7. The molecule has 7 rings (SSSR count). The van der Waals surface area contributed by atoms with Gasteiger partial charge >= 0.3 is 17.8 Å². The Bertz CT molecular complexity index is 2550. The second kappa shape index (κ2) is 22.9. The summed E-state index contributed by atoms with van der Waals surface area (Å²) < 4.78 is 23.9. The smallest absolute Gasteiger partial charge is 0.407 e. The van der Waals surface area contributed by atoms with Crippen LogP contribution >= 0.6 is 0 Å². The van der Waals surface area contributed by atoms with Gasteiger partial charge in [0.15, 0.2) is 5.75 Å². The molecule has 1 spiro atoms. The molecule has 2 aromatic rings. The first-order valence-corrected chi connectivity index (χ1v) is 25.8. The van der Waals surface area contributed by atoms with E-state index in [1.54, 1.807) is 26.0 Å². The lowest BCUT2D eigenvalue weighted by atomic mass is 9.72. The van der Waals surface area contributed by atoms with Gasteiger partial charge in [0.05, 0.1) is 35.6 Å². The largest absolute Gasteiger partial charge is 0.507 e. The number of ether oxygens (including phenoxy) is 4. The molecule has 0 aliphatic carbocycles. The first-order valence-electron chi connectivity index (χ1n) is 25.8. The summed E-state index contributed by atoms with van der Waals surface area (Å²) in [5.41, 5.74) is 0.0436. The number of nitrogens with zero attached hydrogens (tertiary/aromatic N) is 3. The van der Waals surface area contributed by atoms with Crippen LogP contribution in [0.5, 0.6) is 17.2 Å². The van der Waals surface area contributed by atoms with Crippen molar-refractivity contribution in [1.29, 1.82) is 0 Å². The molecule has 5 heterocycles. The number of phenolic OH excluding ortho intramolecular Hbond substituents is 2. The Kier molecular flexibility index (Phi) is 17.7. The highest BCUT2D eigenvalue weighted by molar-refractivity contribution is 6.21. The minimum absolute atomic E-state index is 0.0108. The lowest BCUT2D eigenvalue weighted by Crippen LogP contribution is -2.47. The number of aliphatic hydroxyl groups excluding tert-OH is 1. The highest BCUT2D eigenvalue weighted by Gasteiger charge is 2.50. The molecule has 71 heavy (non-hydrogen) atoms. The van der Waals surface area contributed by atoms with Gasteiger partial charge in [-0.05, 0) is 68.8 Å². The molecule has 16 heteroatoms. The molecule has 16 nitrogen and oxygen atoms in total. The summed E-state index contributed by atoms with van der Waals surface area (Å²) in [6.07, 6.45) is 10.3. The number of alkyl carbamates (subject to hydrolysis) is 1. The van der Waals surface area contributed by atoms with Crippen molar-refractivity contribution in [2.24, 2.45) is 51.4 Å². The van der Waals surface area contributed by atoms with Crippen molar-refractivity contribution < 1.29 is 53.4 Å². The highest BCUT2D eigenvalue weighted by Crippen LogP contribution is 2.51. The van der Waals surface area contributed by atoms with Crippen molar-refractivity contribution in [3.63, 3.8) is 0 Å². The third-order valence-electron chi connectivity index (χ3n) is 15.4. The first kappa shape index (κ1) is 54.8. The van der Waals surface area contributed by atoms with Gasteiger partial charge in [-0.2, -0.15) is 0 Å². The van der Waals surface area contributed by atoms with E-state index in [1.165, 1.54) is 13.2 Å². The topological polar surface area (TPSA) is 218 Å². The van der Waals surface area contributed by atoms with Crippen LogP contribution < -0.4 is 26.1 Å². The van der Waals surface area contributed by atoms with Crippen LogP contribution in [-0.2, 0) is 23.8 Å². The van der Waals surface area contributed by atoms with E-state index < -0.39 is 65.0 Å². The summed E-state index contributed by atoms with van der Waals surface area (Å²) in [6.45, 7) is 26.1. The van der Waals surface area contributed by atoms with Crippen LogP contribution in [-0.4, -0.2) is 100 Å². The molecule has 5 N–H and O–H groups in total. The number of phenols is 2. The van der Waals surface area contributed by atoms with Crippen molar-refractivity contribution in [1.82, 2.24) is 10.2 Å². The lowest BCUT2D eigenvalue weighted by molar-refractivity contribution is -0.158. The summed E-state index contributed by atoms with van der Waals surface area (Å²) in [6, 6.07) is 0. The molecule has 0 radical (unpaired) electrons. The van der Waals surface area contributed by atoms with Gasteiger partial charge in [-0.3, -0.25) is 19.4 Å². The Morgan fingerprint density at radius 2 is 1.63 bits per heavy atom. The van der Waals surface area contributed by atoms with Crippen LogP contribution in [0.25, 0.3) is 10.8 Å². The monoisotopic (exact) mass is 986 g/mol. The third-order valence-corrected chi connectivity index (χ3v) is 15.4. The van der Waals surface area contributed by atoms with Gasteiger partial charge in [0.2, 0.25) is 0 Å². The number of carbonyl (C=O) groups excluding carboxylic acids is 4. The molecule has 9 atom stereocenters. The van der Waals surface area contributed by atoms with Gasteiger partial charge in [0, 0.05) is 80.7 Å². The number of benzene rings is 2. The van der Waals surface area contributed by atoms with E-state index in [0.29, 0.717) is 50.4 Å². The predicted molar refractivity (Wildman–Crippen MR) is 272 cm³/mol. The molecule has 5 bridgehead atoms. The summed E-state index contributed by atoms with van der Waals surface area (Å²) in [5.74, 6) is -5.04. The number of esters is 1. The van der Waals surface area contributed by atoms with E-state index in [1.807, 2.05) is 46.8 Å². The van der Waals surface area contributed by atoms with Gasteiger partial charge < -0.3 is 49.8 Å². The standard InChI is InChI=1S/C55H79N5O11/c1-13-14-27-68-53(67)56-24-16-15-20-39(61)70-49-32(5)18-17-19-33(6)52(66)57-45-44-43(58-55(59-44)22-25-60(26-23-55)29-30(2)3)40-41(48(45)64)47(63)38(11)50-42(40)51(65)54(12,71-50)69-28-21-31(4)34(7)35(8)36(9)46(62)37(49)10/h17-19,21,28,30-32,34-37,46,49,58,62-64H,13-16,20,22-27,29H2,1-12H3,(H,56,67)/b18-17+,28-21+,33-19-,57-45?/t31-,32-,34+,35+,36-,37-,46-,49-,54-/m0/s1. The summed E-state index contributed by atoms with van der Waals surface area (Å²) in [4.78, 5) is 66.4. The minimum atomic E-state index is -1.85. The molecule has 0 aromatic heterocycles. The zero-order valence-corrected chi connectivity index (χ0v) is 44.0. The number of aliphatic hydroxyl groups is 1. The van der Waals surface area contributed by atoms with Crippen molar-refractivity contribution in [2.45, 2.75) is 152 Å². The molecule has 5 aliphatic rings. The highest BCUT2D eigenvalue weighted by atomic mass is 16.7. The van der Waals surface area contributed by atoms with Crippen molar-refractivity contribution in [3.8, 4) is 17.2 Å². The molecule has 2 aromatic carbocycles. The Hall–Kier alpha value is -5.48. The number of hydrogen-bond acceptors (Lipinski definition) is 14. The SMILES string of the molecule is CCCCOC(=O)NCCCCC(=O)O[C@@H]1[C@@H](C)[C@@H](O)[C@@H](C)[C@H](C)[C@H](C)[C@@H](C)/C=C/O[C@@]2(C)Oc3c(C)c(O)c4c(O)c(c5c(c4c3C2=O)NC2(CCN(CC(C)C)CC2)N=5)=NC(=O)/C(C)=C\C=C\[C@@H]1C. The summed E-state index contributed by atoms with van der Waals surface area (Å²) in [7, 11) is 0. The van der Waals surface area contributed by atoms with E-state index >= 15 is 0 Å². The molecule has 0 unspecified atom stereocenters. The number of hydrogen-bond donors (Lipinski definition) is 5. The number of nitrogens with one attached hydrogen (secondary N) is 2. The van der Waals surface area contributed by atoms with Crippen molar-refractivity contribution in [3.05, 3.63) is 58.0 Å². The number of carbonyl (C=O) groups is 4. The number of amides is 2. The fourth-order valence-electron chi connectivity index (χ4n) is 10.4. The Morgan fingerprint density at radius 1 is 0.930 bits per heavy atom. The molecule has 1 saturated heterocycles. The molecule has 0 saturated carbocycles. The Labute approximate surface area is 419 Å². The van der Waals surface area contributed by atoms with E-state index in [9.17, 15) is 34.5 Å². The number of allylic oxidation sites excluding steroid dienone is 3. The number of fused-ring (bicyclic) bond motifs is 13. The van der Waals surface area contributed by atoms with Gasteiger partial charge in [-0.25, -0.2) is 9.79 Å². The quantitative estimate of drug-likeness (QED) is 0.0814. The molecule has 1 fully saturated rings. The van der Waals surface area contributed by atoms with Crippen LogP contribution in [0.15, 0.2) is 46.1 Å². The van der Waals surface area contributed by atoms with Crippen LogP contribution in [0.2, 0.25) is 0 Å². The number of aromatic hydroxyl groups is 2. The van der Waals surface area contributed by atoms with Crippen LogP contribution in [0.3, 0.4) is 0 Å². The number of ketones is 1. The predicted octanol–water partition coefficient (Wildman–Crippen LogP) is 8.32. The van der Waals surface area contributed by atoms with Gasteiger partial charge in [-0.15, -0.1) is 0 Å². The normalized spacial score (nSPS) is 29.6. The molecule has 5 aliphatic heterocycles. The van der Waals surface area contributed by atoms with Gasteiger partial charge in [0.1, 0.15) is 34.0 Å². The molecular weight excluding hydrogens is 907 g/mol. The maximum atomic E-state index is 14.8. The van der Waals surface area contributed by atoms with Crippen LogP contribution in [0.4, 0.5) is 10.5 Å². The molecule has 2 amide bonds. The van der Waals surface area contributed by atoms with Gasteiger partial charge in [0.25, 0.3) is 11.7 Å². The fourth-order valence-corrected chi connectivity index (χ4v) is 10.4. The number of unbranched alkanes of at least 4 members (excludes halogenated alkanes) is 2. The molecular formula is C55H79N5O11. The summed E-state index contributed by atoms with van der Waals surface area (Å²) >= 11 is 0. The maximum Gasteiger partial charge on any atom is 0.407 e. The Balaban J connectivity index is 1.40. The second-order valence-corrected chi connectivity index (χ2v) is 21.3.